The van der Waals surface area contributed by atoms with Crippen LogP contribution in [0.2, 0.25) is 0 Å². The van der Waals surface area contributed by atoms with Crippen LogP contribution < -0.4 is 9.80 Å². The Morgan fingerprint density at radius 2 is 1.67 bits per heavy atom. The third kappa shape index (κ3) is 3.67. The van der Waals surface area contributed by atoms with Gasteiger partial charge in [-0.25, -0.2) is 0 Å². The van der Waals surface area contributed by atoms with Gasteiger partial charge in [0.05, 0.1) is 0 Å². The fourth-order valence-corrected chi connectivity index (χ4v) is 2.93. The van der Waals surface area contributed by atoms with Crippen molar-refractivity contribution in [2.75, 3.05) is 29.4 Å². The van der Waals surface area contributed by atoms with E-state index in [2.05, 4.69) is 24.0 Å². The number of benzene rings is 2. The fraction of sp³-hybridized carbons (Fsp3) is 0.286. The summed E-state index contributed by atoms with van der Waals surface area (Å²) in [5.74, 6) is 0.0701. The first-order chi connectivity index (χ1) is 11.8. The van der Waals surface area contributed by atoms with Gasteiger partial charge in [0.25, 0.3) is 5.91 Å². The summed E-state index contributed by atoms with van der Waals surface area (Å²) < 4.78 is 0. The summed E-state index contributed by atoms with van der Waals surface area (Å²) in [5, 5.41) is 0. The van der Waals surface area contributed by atoms with Gasteiger partial charge in [-0.05, 0) is 42.8 Å². The van der Waals surface area contributed by atoms with Crippen molar-refractivity contribution in [2.45, 2.75) is 19.8 Å². The maximum atomic E-state index is 13.0. The van der Waals surface area contributed by atoms with Crippen LogP contribution in [0.15, 0.2) is 66.7 Å². The summed E-state index contributed by atoms with van der Waals surface area (Å²) in [7, 11) is 0. The molecule has 0 spiro atoms. The molecule has 3 rings (SSSR count). The van der Waals surface area contributed by atoms with Gasteiger partial charge in [0.2, 0.25) is 0 Å². The van der Waals surface area contributed by atoms with Crippen LogP contribution in [0.25, 0.3) is 0 Å². The van der Waals surface area contributed by atoms with Gasteiger partial charge in [0.15, 0.2) is 0 Å². The molecule has 124 valence electrons. The molecule has 0 saturated heterocycles. The Bertz CT molecular complexity index is 684. The van der Waals surface area contributed by atoms with Crippen LogP contribution in [0.4, 0.5) is 11.4 Å². The average Bonchev–Trinajstić information content (AvgIpc) is 3.17. The largest absolute Gasteiger partial charge is 0.364 e. The predicted molar refractivity (Wildman–Crippen MR) is 101 cm³/mol. The van der Waals surface area contributed by atoms with E-state index in [1.807, 2.05) is 59.5 Å². The highest BCUT2D eigenvalue weighted by Crippen LogP contribution is 2.21. The molecule has 0 aromatic heterocycles. The fourth-order valence-electron chi connectivity index (χ4n) is 2.93. The van der Waals surface area contributed by atoms with Crippen molar-refractivity contribution in [3.63, 3.8) is 0 Å². The van der Waals surface area contributed by atoms with E-state index >= 15 is 0 Å². The smallest absolute Gasteiger partial charge is 0.258 e. The molecule has 0 fully saturated rings. The number of hydrogen-bond donors (Lipinski definition) is 0. The van der Waals surface area contributed by atoms with Gasteiger partial charge in [-0.1, -0.05) is 43.7 Å². The minimum atomic E-state index is 0.0701. The number of nitrogens with zero attached hydrogens (tertiary/aromatic N) is 2. The number of carbonyl (C=O) groups is 1. The van der Waals surface area contributed by atoms with Crippen molar-refractivity contribution in [2.24, 2.45) is 0 Å². The van der Waals surface area contributed by atoms with Crippen LogP contribution in [0.3, 0.4) is 0 Å². The standard InChI is InChI=1S/C21H24N2O/c1-2-3-17-23(20-9-5-4-6-10-20)21(24)18-11-13-19(14-12-18)22-15-7-8-16-22/h4-14H,2-3,15-17H2,1H3. The monoisotopic (exact) mass is 320 g/mol. The summed E-state index contributed by atoms with van der Waals surface area (Å²) in [5.41, 5.74) is 2.87. The third-order valence-corrected chi connectivity index (χ3v) is 4.35. The van der Waals surface area contributed by atoms with E-state index in [-0.39, 0.29) is 5.91 Å². The number of amides is 1. The molecule has 24 heavy (non-hydrogen) atoms. The Hall–Kier alpha value is -2.55. The molecule has 2 aromatic rings. The number of rotatable bonds is 6. The minimum absolute atomic E-state index is 0.0701. The Balaban J connectivity index is 1.78. The molecular weight excluding hydrogens is 296 g/mol. The summed E-state index contributed by atoms with van der Waals surface area (Å²) in [6.45, 7) is 4.78. The second-order valence-corrected chi connectivity index (χ2v) is 6.07. The minimum Gasteiger partial charge on any atom is -0.364 e. The summed E-state index contributed by atoms with van der Waals surface area (Å²) in [6.07, 6.45) is 6.40. The lowest BCUT2D eigenvalue weighted by Crippen LogP contribution is -2.32. The van der Waals surface area contributed by atoms with Gasteiger partial charge >= 0.3 is 0 Å². The molecule has 1 aliphatic rings. The van der Waals surface area contributed by atoms with E-state index in [0.717, 1.165) is 49.4 Å². The van der Waals surface area contributed by atoms with Gasteiger partial charge in [-0.15, -0.1) is 0 Å². The van der Waals surface area contributed by atoms with E-state index in [1.165, 1.54) is 0 Å². The molecule has 1 aliphatic heterocycles. The zero-order valence-corrected chi connectivity index (χ0v) is 14.2. The summed E-state index contributed by atoms with van der Waals surface area (Å²) >= 11 is 0. The van der Waals surface area contributed by atoms with Crippen LogP contribution in [-0.2, 0) is 0 Å². The zero-order valence-electron chi connectivity index (χ0n) is 14.2. The van der Waals surface area contributed by atoms with Crippen molar-refractivity contribution < 1.29 is 4.79 Å². The van der Waals surface area contributed by atoms with Crippen molar-refractivity contribution >= 4 is 17.3 Å². The Morgan fingerprint density at radius 3 is 2.29 bits per heavy atom. The quantitative estimate of drug-likeness (QED) is 0.731. The SMILES string of the molecule is CCCCN(C(=O)c1ccc(N2CC=CC2)cc1)c1ccccc1. The van der Waals surface area contributed by atoms with Gasteiger partial charge < -0.3 is 9.80 Å². The number of anilines is 2. The Morgan fingerprint density at radius 1 is 1.00 bits per heavy atom. The summed E-state index contributed by atoms with van der Waals surface area (Å²) in [4.78, 5) is 17.1. The van der Waals surface area contributed by atoms with Gasteiger partial charge in [0.1, 0.15) is 0 Å². The van der Waals surface area contributed by atoms with Crippen molar-refractivity contribution in [1.82, 2.24) is 0 Å². The lowest BCUT2D eigenvalue weighted by molar-refractivity contribution is 0.0986. The number of para-hydroxylation sites is 1. The molecule has 2 aromatic carbocycles. The summed E-state index contributed by atoms with van der Waals surface area (Å²) in [6, 6.07) is 17.9. The maximum absolute atomic E-state index is 13.0. The van der Waals surface area contributed by atoms with Crippen LogP contribution in [-0.4, -0.2) is 25.5 Å². The van der Waals surface area contributed by atoms with Gasteiger partial charge in [0, 0.05) is 36.6 Å². The first-order valence-electron chi connectivity index (χ1n) is 8.66. The molecule has 1 amide bonds. The lowest BCUT2D eigenvalue weighted by Gasteiger charge is -2.23. The van der Waals surface area contributed by atoms with Crippen molar-refractivity contribution in [3.05, 3.63) is 72.3 Å². The van der Waals surface area contributed by atoms with Gasteiger partial charge in [-0.2, -0.15) is 0 Å². The average molecular weight is 320 g/mol. The number of carbonyl (C=O) groups excluding carboxylic acids is 1. The molecule has 3 heteroatoms. The van der Waals surface area contributed by atoms with Crippen LogP contribution in [0.5, 0.6) is 0 Å². The third-order valence-electron chi connectivity index (χ3n) is 4.35. The van der Waals surface area contributed by atoms with Crippen molar-refractivity contribution in [3.8, 4) is 0 Å². The molecule has 3 nitrogen and oxygen atoms in total. The molecule has 0 aliphatic carbocycles. The highest BCUT2D eigenvalue weighted by molar-refractivity contribution is 6.06. The molecule has 1 heterocycles. The Labute approximate surface area is 144 Å². The van der Waals surface area contributed by atoms with E-state index in [9.17, 15) is 4.79 Å². The second kappa shape index (κ2) is 7.82. The van der Waals surface area contributed by atoms with Crippen LogP contribution >= 0.6 is 0 Å². The van der Waals surface area contributed by atoms with Crippen molar-refractivity contribution in [1.29, 1.82) is 0 Å². The Kier molecular flexibility index (Phi) is 5.32. The molecule has 0 bridgehead atoms. The highest BCUT2D eigenvalue weighted by Gasteiger charge is 2.17. The molecular formula is C21H24N2O. The normalized spacial score (nSPS) is 13.3. The first-order valence-corrected chi connectivity index (χ1v) is 8.66. The zero-order chi connectivity index (χ0) is 16.8. The lowest BCUT2D eigenvalue weighted by atomic mass is 10.1. The van der Waals surface area contributed by atoms with E-state index in [0.29, 0.717) is 0 Å². The van der Waals surface area contributed by atoms with Crippen LogP contribution in [0, 0.1) is 0 Å². The van der Waals surface area contributed by atoms with E-state index in [1.54, 1.807) is 0 Å². The van der Waals surface area contributed by atoms with E-state index < -0.39 is 0 Å². The molecule has 0 radical (unpaired) electrons. The number of unbranched alkanes of at least 4 members (excludes halogenated alkanes) is 1. The predicted octanol–water partition coefficient (Wildman–Crippen LogP) is 4.51. The second-order valence-electron chi connectivity index (χ2n) is 6.07. The van der Waals surface area contributed by atoms with Crippen LogP contribution in [0.1, 0.15) is 30.1 Å². The topological polar surface area (TPSA) is 23.6 Å². The van der Waals surface area contributed by atoms with E-state index in [4.69, 9.17) is 0 Å². The molecule has 0 N–H and O–H groups in total. The first kappa shape index (κ1) is 16.3. The maximum Gasteiger partial charge on any atom is 0.258 e. The molecule has 0 saturated carbocycles. The molecule has 0 unspecified atom stereocenters. The highest BCUT2D eigenvalue weighted by atomic mass is 16.2. The molecule has 0 atom stereocenters. The number of hydrogen-bond acceptors (Lipinski definition) is 2. The van der Waals surface area contributed by atoms with Gasteiger partial charge in [-0.3, -0.25) is 4.79 Å².